The number of rotatable bonds is 5. The van der Waals surface area contributed by atoms with Crippen LogP contribution in [0.4, 0.5) is 0 Å². The molecule has 14 heavy (non-hydrogen) atoms. The fraction of sp³-hybridized carbons (Fsp3) is 0.375. The van der Waals surface area contributed by atoms with Crippen molar-refractivity contribution in [3.63, 3.8) is 0 Å². The third-order valence-electron chi connectivity index (χ3n) is 1.52. The Balaban J connectivity index is 2.18. The molecule has 1 rings (SSSR count). The second kappa shape index (κ2) is 5.00. The van der Waals surface area contributed by atoms with Gasteiger partial charge in [0.15, 0.2) is 0 Å². The van der Waals surface area contributed by atoms with Crippen LogP contribution in [0.3, 0.4) is 0 Å². The lowest BCUT2D eigenvalue weighted by Crippen LogP contribution is -2.23. The highest BCUT2D eigenvalue weighted by Crippen LogP contribution is 1.94. The average molecular weight is 198 g/mol. The van der Waals surface area contributed by atoms with Gasteiger partial charge in [-0.05, 0) is 0 Å². The summed E-state index contributed by atoms with van der Waals surface area (Å²) in [6, 6.07) is 1.62. The summed E-state index contributed by atoms with van der Waals surface area (Å²) in [6.07, 6.45) is 1.22. The number of aromatic nitrogens is 1. The quantitative estimate of drug-likeness (QED) is 0.702. The number of carbonyl (C=O) groups is 2. The van der Waals surface area contributed by atoms with Gasteiger partial charge in [-0.25, -0.2) is 0 Å². The molecule has 0 aromatic carbocycles. The zero-order chi connectivity index (χ0) is 10.4. The van der Waals surface area contributed by atoms with Crippen molar-refractivity contribution in [2.45, 2.75) is 19.4 Å². The highest BCUT2D eigenvalue weighted by atomic mass is 16.5. The van der Waals surface area contributed by atoms with Crippen LogP contribution in [0.1, 0.15) is 18.5 Å². The largest absolute Gasteiger partial charge is 0.481 e. The Hall–Kier alpha value is -1.85. The summed E-state index contributed by atoms with van der Waals surface area (Å²) in [5, 5.41) is 14.4. The standard InChI is InChI=1S/C8H10N2O4/c11-7(1-2-8(12)13)9-5-6-3-4-14-10-6/h3-4H,1-2,5H2,(H,9,11)(H,12,13). The van der Waals surface area contributed by atoms with Crippen LogP contribution in [-0.4, -0.2) is 22.1 Å². The van der Waals surface area contributed by atoms with E-state index in [1.54, 1.807) is 6.07 Å². The lowest BCUT2D eigenvalue weighted by atomic mass is 10.3. The van der Waals surface area contributed by atoms with Crippen molar-refractivity contribution in [1.29, 1.82) is 0 Å². The number of hydrogen-bond acceptors (Lipinski definition) is 4. The molecular weight excluding hydrogens is 188 g/mol. The summed E-state index contributed by atoms with van der Waals surface area (Å²) in [7, 11) is 0. The van der Waals surface area contributed by atoms with Crippen LogP contribution in [0.5, 0.6) is 0 Å². The van der Waals surface area contributed by atoms with Gasteiger partial charge in [0.05, 0.1) is 13.0 Å². The number of carbonyl (C=O) groups excluding carboxylic acids is 1. The molecule has 0 fully saturated rings. The molecule has 6 heteroatoms. The Morgan fingerprint density at radius 3 is 2.86 bits per heavy atom. The topological polar surface area (TPSA) is 92.4 Å². The molecule has 2 N–H and O–H groups in total. The smallest absolute Gasteiger partial charge is 0.303 e. The molecule has 1 aromatic heterocycles. The van der Waals surface area contributed by atoms with Gasteiger partial charge in [0.1, 0.15) is 12.0 Å². The molecule has 1 aromatic rings. The first-order valence-corrected chi connectivity index (χ1v) is 4.06. The molecule has 0 bridgehead atoms. The number of hydrogen-bond donors (Lipinski definition) is 2. The van der Waals surface area contributed by atoms with Crippen LogP contribution >= 0.6 is 0 Å². The van der Waals surface area contributed by atoms with E-state index in [0.717, 1.165) is 0 Å². The number of amides is 1. The van der Waals surface area contributed by atoms with Gasteiger partial charge >= 0.3 is 5.97 Å². The van der Waals surface area contributed by atoms with Gasteiger partial charge in [0, 0.05) is 12.5 Å². The minimum Gasteiger partial charge on any atom is -0.481 e. The van der Waals surface area contributed by atoms with E-state index >= 15 is 0 Å². The number of aliphatic carboxylic acids is 1. The molecule has 0 aliphatic carbocycles. The first-order valence-electron chi connectivity index (χ1n) is 4.06. The van der Waals surface area contributed by atoms with Gasteiger partial charge in [-0.3, -0.25) is 9.59 Å². The van der Waals surface area contributed by atoms with E-state index in [-0.39, 0.29) is 25.3 Å². The summed E-state index contributed by atoms with van der Waals surface area (Å²) in [5.41, 5.74) is 0.605. The molecular formula is C8H10N2O4. The Labute approximate surface area is 79.9 Å². The number of carboxylic acid groups (broad SMARTS) is 1. The van der Waals surface area contributed by atoms with Gasteiger partial charge in [-0.1, -0.05) is 5.16 Å². The Morgan fingerprint density at radius 1 is 1.50 bits per heavy atom. The molecule has 6 nitrogen and oxygen atoms in total. The second-order valence-corrected chi connectivity index (χ2v) is 2.66. The van der Waals surface area contributed by atoms with E-state index in [0.29, 0.717) is 5.69 Å². The summed E-state index contributed by atoms with van der Waals surface area (Å²) in [4.78, 5) is 21.1. The summed E-state index contributed by atoms with van der Waals surface area (Å²) in [6.45, 7) is 0.259. The van der Waals surface area contributed by atoms with Crippen molar-refractivity contribution in [2.75, 3.05) is 0 Å². The minimum absolute atomic E-state index is 0.0207. The van der Waals surface area contributed by atoms with Crippen LogP contribution in [0.15, 0.2) is 16.9 Å². The van der Waals surface area contributed by atoms with E-state index in [2.05, 4.69) is 15.0 Å². The molecule has 0 saturated carbocycles. The molecule has 1 amide bonds. The summed E-state index contributed by atoms with van der Waals surface area (Å²) >= 11 is 0. The van der Waals surface area contributed by atoms with Gasteiger partial charge in [0.25, 0.3) is 0 Å². The fourth-order valence-corrected chi connectivity index (χ4v) is 0.827. The Morgan fingerprint density at radius 2 is 2.29 bits per heavy atom. The van der Waals surface area contributed by atoms with E-state index in [1.165, 1.54) is 6.26 Å². The van der Waals surface area contributed by atoms with E-state index < -0.39 is 5.97 Å². The monoisotopic (exact) mass is 198 g/mol. The first-order chi connectivity index (χ1) is 6.68. The maximum atomic E-state index is 11.0. The molecule has 0 radical (unpaired) electrons. The Kier molecular flexibility index (Phi) is 3.66. The highest BCUT2D eigenvalue weighted by molar-refractivity contribution is 5.80. The predicted octanol–water partition coefficient (Wildman–Crippen LogP) is 0.156. The lowest BCUT2D eigenvalue weighted by molar-refractivity contribution is -0.138. The van der Waals surface area contributed by atoms with Crippen LogP contribution in [0.25, 0.3) is 0 Å². The maximum absolute atomic E-state index is 11.0. The van der Waals surface area contributed by atoms with Gasteiger partial charge in [-0.15, -0.1) is 0 Å². The number of nitrogens with zero attached hydrogens (tertiary/aromatic N) is 1. The van der Waals surface area contributed by atoms with Crippen molar-refractivity contribution in [3.05, 3.63) is 18.0 Å². The molecule has 1 heterocycles. The van der Waals surface area contributed by atoms with Crippen molar-refractivity contribution in [1.82, 2.24) is 10.5 Å². The van der Waals surface area contributed by atoms with Crippen molar-refractivity contribution < 1.29 is 19.2 Å². The van der Waals surface area contributed by atoms with E-state index in [9.17, 15) is 9.59 Å². The zero-order valence-electron chi connectivity index (χ0n) is 7.40. The van der Waals surface area contributed by atoms with E-state index in [1.807, 2.05) is 0 Å². The molecule has 0 aliphatic rings. The number of carboxylic acids is 1. The zero-order valence-corrected chi connectivity index (χ0v) is 7.40. The van der Waals surface area contributed by atoms with Crippen LogP contribution < -0.4 is 5.32 Å². The predicted molar refractivity (Wildman–Crippen MR) is 45.2 cm³/mol. The second-order valence-electron chi connectivity index (χ2n) is 2.66. The van der Waals surface area contributed by atoms with Crippen molar-refractivity contribution in [3.8, 4) is 0 Å². The lowest BCUT2D eigenvalue weighted by Gasteiger charge is -2.00. The van der Waals surface area contributed by atoms with Crippen LogP contribution in [-0.2, 0) is 16.1 Å². The van der Waals surface area contributed by atoms with Gasteiger partial charge < -0.3 is 14.9 Å². The normalized spacial score (nSPS) is 9.71. The highest BCUT2D eigenvalue weighted by Gasteiger charge is 2.05. The molecule has 0 spiro atoms. The molecule has 0 atom stereocenters. The minimum atomic E-state index is -0.985. The first kappa shape index (κ1) is 10.2. The number of nitrogens with one attached hydrogen (secondary N) is 1. The molecule has 0 unspecified atom stereocenters. The third-order valence-corrected chi connectivity index (χ3v) is 1.52. The van der Waals surface area contributed by atoms with Gasteiger partial charge in [0.2, 0.25) is 5.91 Å². The fourth-order valence-electron chi connectivity index (χ4n) is 0.827. The van der Waals surface area contributed by atoms with E-state index in [4.69, 9.17) is 5.11 Å². The molecule has 0 saturated heterocycles. The Bertz CT molecular complexity index is 307. The molecule has 0 aliphatic heterocycles. The van der Waals surface area contributed by atoms with Crippen LogP contribution in [0, 0.1) is 0 Å². The van der Waals surface area contributed by atoms with Crippen molar-refractivity contribution >= 4 is 11.9 Å². The molecule has 76 valence electrons. The van der Waals surface area contributed by atoms with Crippen molar-refractivity contribution in [2.24, 2.45) is 0 Å². The SMILES string of the molecule is O=C(O)CCC(=O)NCc1ccon1. The average Bonchev–Trinajstić information content (AvgIpc) is 2.63. The summed E-state index contributed by atoms with van der Waals surface area (Å²) in [5.74, 6) is -1.29. The van der Waals surface area contributed by atoms with Crippen LogP contribution in [0.2, 0.25) is 0 Å². The third kappa shape index (κ3) is 3.70. The summed E-state index contributed by atoms with van der Waals surface area (Å²) < 4.78 is 4.55. The van der Waals surface area contributed by atoms with Gasteiger partial charge in [-0.2, -0.15) is 0 Å². The maximum Gasteiger partial charge on any atom is 0.303 e.